The van der Waals surface area contributed by atoms with Gasteiger partial charge in [-0.15, -0.1) is 0 Å². The first-order valence-corrected chi connectivity index (χ1v) is 11.2. The number of rotatable bonds is 8. The number of ether oxygens (including phenoxy) is 3. The molecule has 3 rings (SSSR count). The molecule has 1 N–H and O–H groups in total. The molecule has 0 atom stereocenters. The summed E-state index contributed by atoms with van der Waals surface area (Å²) < 4.78 is 17.7. The number of nitrogens with one attached hydrogen (secondary N) is 1. The van der Waals surface area contributed by atoms with E-state index in [9.17, 15) is 14.4 Å². The molecule has 168 valence electrons. The number of hydrogen-bond acceptors (Lipinski definition) is 6. The molecule has 0 aromatic heterocycles. The number of amides is 4. The quantitative estimate of drug-likeness (QED) is 0.302. The van der Waals surface area contributed by atoms with E-state index in [1.54, 1.807) is 43.3 Å². The number of barbiturate groups is 1. The highest BCUT2D eigenvalue weighted by Crippen LogP contribution is 2.36. The van der Waals surface area contributed by atoms with Gasteiger partial charge in [-0.2, -0.15) is 0 Å². The first-order valence-electron chi connectivity index (χ1n) is 10.1. The second kappa shape index (κ2) is 10.5. The molecule has 0 aliphatic carbocycles. The molecular weight excluding hydrogens is 527 g/mol. The van der Waals surface area contributed by atoms with Gasteiger partial charge in [0.05, 0.1) is 29.1 Å². The smallest absolute Gasteiger partial charge is 0.336 e. The Labute approximate surface area is 199 Å². The molecule has 0 radical (unpaired) electrons. The molecule has 4 amide bonds. The second-order valence-electron chi connectivity index (χ2n) is 6.55. The molecule has 0 bridgehead atoms. The lowest BCUT2D eigenvalue weighted by molar-refractivity contribution is -0.122. The number of nitrogens with zero attached hydrogens (tertiary/aromatic N) is 1. The van der Waals surface area contributed by atoms with Crippen molar-refractivity contribution in [2.75, 3.05) is 24.7 Å². The van der Waals surface area contributed by atoms with Gasteiger partial charge in [0.25, 0.3) is 11.8 Å². The number of para-hydroxylation sites is 2. The van der Waals surface area contributed by atoms with Crippen molar-refractivity contribution in [2.45, 2.75) is 20.8 Å². The van der Waals surface area contributed by atoms with Gasteiger partial charge < -0.3 is 14.2 Å². The first kappa shape index (κ1) is 23.6. The lowest BCUT2D eigenvalue weighted by atomic mass is 10.1. The largest absolute Gasteiger partial charge is 0.492 e. The van der Waals surface area contributed by atoms with Crippen LogP contribution in [0.2, 0.25) is 0 Å². The summed E-state index contributed by atoms with van der Waals surface area (Å²) in [4.78, 5) is 39.2. The minimum Gasteiger partial charge on any atom is -0.492 e. The fraction of sp³-hybridized carbons (Fsp3) is 0.261. The van der Waals surface area contributed by atoms with Crippen molar-refractivity contribution in [1.82, 2.24) is 5.32 Å². The number of carbonyl (C=O) groups excluding carboxylic acids is 3. The Balaban J connectivity index is 2.05. The molecule has 32 heavy (non-hydrogen) atoms. The molecule has 2 aromatic rings. The molecule has 1 fully saturated rings. The van der Waals surface area contributed by atoms with E-state index in [1.807, 2.05) is 13.8 Å². The van der Waals surface area contributed by atoms with E-state index in [4.69, 9.17) is 14.2 Å². The SMILES string of the molecule is CCOc1ccccc1N1C(=O)NC(=O)/C(=C\c2cc(I)c(OCC)c(OCC)c2)C1=O. The zero-order valence-electron chi connectivity index (χ0n) is 17.9. The molecule has 1 aliphatic rings. The van der Waals surface area contributed by atoms with Gasteiger partial charge in [0.1, 0.15) is 11.3 Å². The summed E-state index contributed by atoms with van der Waals surface area (Å²) in [6, 6.07) is 9.29. The Hall–Kier alpha value is -3.08. The van der Waals surface area contributed by atoms with Crippen molar-refractivity contribution in [3.05, 3.63) is 51.1 Å². The minimum atomic E-state index is -0.833. The third-order valence-electron chi connectivity index (χ3n) is 4.44. The van der Waals surface area contributed by atoms with Gasteiger partial charge in [-0.05, 0) is 79.3 Å². The summed E-state index contributed by atoms with van der Waals surface area (Å²) in [5, 5.41) is 2.23. The zero-order valence-corrected chi connectivity index (χ0v) is 20.1. The predicted octanol–water partition coefficient (Wildman–Crippen LogP) is 4.15. The third kappa shape index (κ3) is 4.87. The highest BCUT2D eigenvalue weighted by molar-refractivity contribution is 14.1. The van der Waals surface area contributed by atoms with Crippen LogP contribution in [0.5, 0.6) is 17.2 Å². The van der Waals surface area contributed by atoms with E-state index < -0.39 is 17.8 Å². The van der Waals surface area contributed by atoms with Gasteiger partial charge in [0, 0.05) is 0 Å². The van der Waals surface area contributed by atoms with Gasteiger partial charge in [0.15, 0.2) is 11.5 Å². The summed E-state index contributed by atoms with van der Waals surface area (Å²) in [5.74, 6) is -0.0495. The van der Waals surface area contributed by atoms with Crippen molar-refractivity contribution in [3.8, 4) is 17.2 Å². The number of imide groups is 2. The second-order valence-corrected chi connectivity index (χ2v) is 7.72. The molecular formula is C23H23IN2O6. The van der Waals surface area contributed by atoms with E-state index in [-0.39, 0.29) is 11.3 Å². The minimum absolute atomic E-state index is 0.182. The van der Waals surface area contributed by atoms with Crippen LogP contribution in [0, 0.1) is 3.57 Å². The van der Waals surface area contributed by atoms with Crippen LogP contribution in [0.4, 0.5) is 10.5 Å². The van der Waals surface area contributed by atoms with Crippen molar-refractivity contribution in [2.24, 2.45) is 0 Å². The lowest BCUT2D eigenvalue weighted by Crippen LogP contribution is -2.54. The number of halogens is 1. The number of carbonyl (C=O) groups is 3. The van der Waals surface area contributed by atoms with Gasteiger partial charge in [-0.1, -0.05) is 12.1 Å². The topological polar surface area (TPSA) is 94.2 Å². The normalized spacial score (nSPS) is 15.1. The Kier molecular flexibility index (Phi) is 7.73. The van der Waals surface area contributed by atoms with Crippen LogP contribution in [0.1, 0.15) is 26.3 Å². The van der Waals surface area contributed by atoms with Gasteiger partial charge in [-0.25, -0.2) is 9.69 Å². The molecule has 8 nitrogen and oxygen atoms in total. The van der Waals surface area contributed by atoms with Crippen LogP contribution in [-0.4, -0.2) is 37.7 Å². The van der Waals surface area contributed by atoms with Crippen LogP contribution < -0.4 is 24.4 Å². The molecule has 0 saturated carbocycles. The molecule has 1 saturated heterocycles. The Bertz CT molecular complexity index is 1080. The number of benzene rings is 2. The van der Waals surface area contributed by atoms with E-state index in [2.05, 4.69) is 27.9 Å². The summed E-state index contributed by atoms with van der Waals surface area (Å²) in [6.07, 6.45) is 1.43. The van der Waals surface area contributed by atoms with Gasteiger partial charge >= 0.3 is 6.03 Å². The van der Waals surface area contributed by atoms with Crippen LogP contribution in [-0.2, 0) is 9.59 Å². The van der Waals surface area contributed by atoms with Gasteiger partial charge in [0.2, 0.25) is 0 Å². The Morgan fingerprint density at radius 1 is 0.938 bits per heavy atom. The van der Waals surface area contributed by atoms with Gasteiger partial charge in [-0.3, -0.25) is 14.9 Å². The van der Waals surface area contributed by atoms with Crippen molar-refractivity contribution in [1.29, 1.82) is 0 Å². The third-order valence-corrected chi connectivity index (χ3v) is 5.24. The maximum Gasteiger partial charge on any atom is 0.336 e. The fourth-order valence-corrected chi connectivity index (χ4v) is 3.96. The average Bonchev–Trinajstić information content (AvgIpc) is 2.75. The first-order chi connectivity index (χ1) is 15.4. The standard InChI is InChI=1S/C23H23IN2O6/c1-4-30-18-10-8-7-9-17(18)26-22(28)15(21(27)25-23(26)29)11-14-12-16(24)20(32-6-3)19(13-14)31-5-2/h7-13H,4-6H2,1-3H3,(H,25,27,29)/b15-11+. The molecule has 9 heteroatoms. The van der Waals surface area contributed by atoms with Crippen molar-refractivity contribution < 1.29 is 28.6 Å². The molecule has 1 heterocycles. The Morgan fingerprint density at radius 2 is 1.59 bits per heavy atom. The highest BCUT2D eigenvalue weighted by Gasteiger charge is 2.38. The van der Waals surface area contributed by atoms with E-state index >= 15 is 0 Å². The van der Waals surface area contributed by atoms with E-state index in [0.717, 1.165) is 8.47 Å². The summed E-state index contributed by atoms with van der Waals surface area (Å²) in [7, 11) is 0. The molecule has 1 aliphatic heterocycles. The summed E-state index contributed by atoms with van der Waals surface area (Å²) >= 11 is 2.11. The number of hydrogen-bond donors (Lipinski definition) is 1. The van der Waals surface area contributed by atoms with Crippen molar-refractivity contribution in [3.63, 3.8) is 0 Å². The number of anilines is 1. The zero-order chi connectivity index (χ0) is 23.3. The maximum absolute atomic E-state index is 13.2. The van der Waals surface area contributed by atoms with Crippen LogP contribution in [0.15, 0.2) is 42.0 Å². The van der Waals surface area contributed by atoms with E-state index in [0.29, 0.717) is 42.6 Å². The fourth-order valence-electron chi connectivity index (χ4n) is 3.18. The van der Waals surface area contributed by atoms with Crippen LogP contribution >= 0.6 is 22.6 Å². The summed E-state index contributed by atoms with van der Waals surface area (Å²) in [5.41, 5.74) is 0.636. The number of urea groups is 1. The lowest BCUT2D eigenvalue weighted by Gasteiger charge is -2.27. The maximum atomic E-state index is 13.2. The summed E-state index contributed by atoms with van der Waals surface area (Å²) in [6.45, 7) is 6.77. The highest BCUT2D eigenvalue weighted by atomic mass is 127. The van der Waals surface area contributed by atoms with Crippen LogP contribution in [0.25, 0.3) is 6.08 Å². The monoisotopic (exact) mass is 550 g/mol. The molecule has 0 unspecified atom stereocenters. The average molecular weight is 550 g/mol. The Morgan fingerprint density at radius 3 is 2.28 bits per heavy atom. The molecule has 0 spiro atoms. The van der Waals surface area contributed by atoms with E-state index in [1.165, 1.54) is 6.08 Å². The van der Waals surface area contributed by atoms with Crippen LogP contribution in [0.3, 0.4) is 0 Å². The predicted molar refractivity (Wildman–Crippen MR) is 128 cm³/mol. The molecule has 2 aromatic carbocycles. The van der Waals surface area contributed by atoms with Crippen molar-refractivity contribution >= 4 is 52.2 Å².